The lowest BCUT2D eigenvalue weighted by Gasteiger charge is -2.11. The van der Waals surface area contributed by atoms with Crippen LogP contribution in [0.2, 0.25) is 5.02 Å². The van der Waals surface area contributed by atoms with E-state index in [4.69, 9.17) is 20.9 Å². The Hall–Kier alpha value is -2.58. The van der Waals surface area contributed by atoms with E-state index in [0.717, 1.165) is 16.8 Å². The van der Waals surface area contributed by atoms with E-state index in [1.165, 1.54) is 11.8 Å². The first-order chi connectivity index (χ1) is 14.4. The Balaban J connectivity index is 1.44. The van der Waals surface area contributed by atoms with Crippen LogP contribution in [0.25, 0.3) is 11.3 Å². The zero-order chi connectivity index (χ0) is 21.3. The minimum absolute atomic E-state index is 0.171. The van der Waals surface area contributed by atoms with Crippen LogP contribution < -0.4 is 10.1 Å². The van der Waals surface area contributed by atoms with Crippen LogP contribution in [0.1, 0.15) is 41.6 Å². The van der Waals surface area contributed by atoms with Gasteiger partial charge in [-0.1, -0.05) is 42.4 Å². The molecule has 0 fully saturated rings. The molecule has 9 heteroatoms. The molecule has 0 radical (unpaired) electrons. The van der Waals surface area contributed by atoms with E-state index >= 15 is 0 Å². The molecule has 4 rings (SSSR count). The summed E-state index contributed by atoms with van der Waals surface area (Å²) in [6.45, 7) is 4.30. The smallest absolute Gasteiger partial charge is 0.273 e. The van der Waals surface area contributed by atoms with Crippen molar-refractivity contribution in [1.29, 1.82) is 0 Å². The molecule has 2 aromatic heterocycles. The third-order valence-electron chi connectivity index (χ3n) is 4.78. The molecule has 7 nitrogen and oxygen atoms in total. The number of ether oxygens (including phenoxy) is 1. The molecule has 1 N–H and O–H groups in total. The van der Waals surface area contributed by atoms with Gasteiger partial charge in [-0.25, -0.2) is 9.97 Å². The number of benzene rings is 1. The molecule has 1 unspecified atom stereocenters. The highest BCUT2D eigenvalue weighted by molar-refractivity contribution is 7.98. The van der Waals surface area contributed by atoms with Crippen molar-refractivity contribution in [1.82, 2.24) is 20.4 Å². The summed E-state index contributed by atoms with van der Waals surface area (Å²) in [5.74, 6) is 1.22. The van der Waals surface area contributed by atoms with E-state index in [-0.39, 0.29) is 23.6 Å². The van der Waals surface area contributed by atoms with Gasteiger partial charge in [-0.3, -0.25) is 4.79 Å². The molecular weight excluding hydrogens is 424 g/mol. The first-order valence-electron chi connectivity index (χ1n) is 9.56. The Kier molecular flexibility index (Phi) is 5.97. The topological polar surface area (TPSA) is 90.1 Å². The number of thioether (sulfide) groups is 1. The van der Waals surface area contributed by atoms with Gasteiger partial charge in [-0.05, 0) is 24.5 Å². The number of carbonyl (C=O) groups is 1. The highest BCUT2D eigenvalue weighted by atomic mass is 35.5. The second kappa shape index (κ2) is 8.65. The number of nitrogens with one attached hydrogen (secondary N) is 1. The summed E-state index contributed by atoms with van der Waals surface area (Å²) >= 11 is 7.96. The van der Waals surface area contributed by atoms with Crippen LogP contribution in [-0.4, -0.2) is 39.9 Å². The van der Waals surface area contributed by atoms with E-state index in [0.29, 0.717) is 34.7 Å². The van der Waals surface area contributed by atoms with Crippen LogP contribution in [0.3, 0.4) is 0 Å². The van der Waals surface area contributed by atoms with E-state index in [2.05, 4.69) is 20.4 Å². The van der Waals surface area contributed by atoms with Gasteiger partial charge in [-0.15, -0.1) is 0 Å². The molecule has 30 heavy (non-hydrogen) atoms. The molecule has 1 atom stereocenters. The maximum absolute atomic E-state index is 12.3. The Morgan fingerprint density at radius 1 is 1.37 bits per heavy atom. The molecule has 1 amide bonds. The van der Waals surface area contributed by atoms with Crippen LogP contribution in [0, 0.1) is 0 Å². The average Bonchev–Trinajstić information content (AvgIpc) is 3.39. The lowest BCUT2D eigenvalue weighted by atomic mass is 10.0. The molecule has 0 bridgehead atoms. The highest BCUT2D eigenvalue weighted by Crippen LogP contribution is 2.39. The summed E-state index contributed by atoms with van der Waals surface area (Å²) in [6, 6.07) is 7.39. The van der Waals surface area contributed by atoms with Crippen LogP contribution in [0.15, 0.2) is 40.1 Å². The van der Waals surface area contributed by atoms with Crippen molar-refractivity contribution in [3.8, 4) is 17.0 Å². The van der Waals surface area contributed by atoms with Gasteiger partial charge < -0.3 is 14.6 Å². The lowest BCUT2D eigenvalue weighted by Crippen LogP contribution is -2.34. The molecule has 156 valence electrons. The first kappa shape index (κ1) is 20.7. The van der Waals surface area contributed by atoms with Crippen LogP contribution in [-0.2, 0) is 6.42 Å². The first-order valence-corrected chi connectivity index (χ1v) is 11.2. The quantitative estimate of drug-likeness (QED) is 0.446. The SMILES string of the molecule is CSc1nccc(-c2cc(Cl)c3c(c2)CC(CNC(=O)c2cc(C(C)C)on2)O3)n1. The number of fused-ring (bicyclic) bond motifs is 1. The number of aromatic nitrogens is 3. The van der Waals surface area contributed by atoms with Gasteiger partial charge in [-0.2, -0.15) is 0 Å². The van der Waals surface area contributed by atoms with Crippen molar-refractivity contribution in [3.05, 3.63) is 52.5 Å². The highest BCUT2D eigenvalue weighted by Gasteiger charge is 2.27. The van der Waals surface area contributed by atoms with Crippen molar-refractivity contribution in [2.75, 3.05) is 12.8 Å². The van der Waals surface area contributed by atoms with Crippen LogP contribution in [0.5, 0.6) is 5.75 Å². The van der Waals surface area contributed by atoms with Crippen LogP contribution in [0.4, 0.5) is 0 Å². The Labute approximate surface area is 183 Å². The van der Waals surface area contributed by atoms with Gasteiger partial charge in [0.15, 0.2) is 10.9 Å². The third-order valence-corrected chi connectivity index (χ3v) is 5.63. The van der Waals surface area contributed by atoms with Crippen molar-refractivity contribution < 1.29 is 14.1 Å². The van der Waals surface area contributed by atoms with Crippen molar-refractivity contribution in [2.45, 2.75) is 37.4 Å². The summed E-state index contributed by atoms with van der Waals surface area (Å²) in [5.41, 5.74) is 2.98. The van der Waals surface area contributed by atoms with E-state index < -0.39 is 0 Å². The Morgan fingerprint density at radius 2 is 2.20 bits per heavy atom. The number of hydrogen-bond donors (Lipinski definition) is 1. The second-order valence-corrected chi connectivity index (χ2v) is 8.48. The maximum Gasteiger partial charge on any atom is 0.273 e. The van der Waals surface area contributed by atoms with Crippen molar-refractivity contribution in [3.63, 3.8) is 0 Å². The molecule has 0 saturated heterocycles. The summed E-state index contributed by atoms with van der Waals surface area (Å²) in [7, 11) is 0. The predicted octanol–water partition coefficient (Wildman–Crippen LogP) is 4.36. The Morgan fingerprint density at radius 3 is 2.93 bits per heavy atom. The number of hydrogen-bond acceptors (Lipinski definition) is 7. The normalized spacial score (nSPS) is 15.2. The molecule has 1 aliphatic heterocycles. The largest absolute Gasteiger partial charge is 0.486 e. The summed E-state index contributed by atoms with van der Waals surface area (Å²) in [4.78, 5) is 21.1. The van der Waals surface area contributed by atoms with Crippen LogP contribution >= 0.6 is 23.4 Å². The zero-order valence-electron chi connectivity index (χ0n) is 16.8. The number of nitrogens with zero attached hydrogens (tertiary/aromatic N) is 3. The molecular formula is C21H21ClN4O3S. The zero-order valence-corrected chi connectivity index (χ0v) is 18.4. The van der Waals surface area contributed by atoms with E-state index in [1.54, 1.807) is 12.3 Å². The number of amides is 1. The fraction of sp³-hybridized carbons (Fsp3) is 0.333. The van der Waals surface area contributed by atoms with Gasteiger partial charge in [0, 0.05) is 35.7 Å². The molecule has 0 aliphatic carbocycles. The summed E-state index contributed by atoms with van der Waals surface area (Å²) < 4.78 is 11.2. The molecule has 1 aromatic carbocycles. The van der Waals surface area contributed by atoms with Gasteiger partial charge in [0.05, 0.1) is 17.3 Å². The van der Waals surface area contributed by atoms with Gasteiger partial charge in [0.2, 0.25) is 0 Å². The standard InChI is InChI=1S/C21H21ClN4O3S/c1-11(2)18-9-17(26-29-18)20(27)24-10-14-7-13-6-12(8-15(22)19(13)28-14)16-4-5-23-21(25-16)30-3/h4-6,8-9,11,14H,7,10H2,1-3H3,(H,24,27). The minimum Gasteiger partial charge on any atom is -0.486 e. The van der Waals surface area contributed by atoms with Gasteiger partial charge in [0.25, 0.3) is 5.91 Å². The number of carbonyl (C=O) groups excluding carboxylic acids is 1. The fourth-order valence-corrected chi connectivity index (χ4v) is 3.85. The van der Waals surface area contributed by atoms with Crippen molar-refractivity contribution >= 4 is 29.3 Å². The van der Waals surface area contributed by atoms with E-state index in [1.807, 2.05) is 38.3 Å². The predicted molar refractivity (Wildman–Crippen MR) is 115 cm³/mol. The molecule has 3 heterocycles. The minimum atomic E-state index is -0.289. The molecule has 0 saturated carbocycles. The van der Waals surface area contributed by atoms with E-state index in [9.17, 15) is 4.79 Å². The molecule has 0 spiro atoms. The Bertz CT molecular complexity index is 1090. The van der Waals surface area contributed by atoms with Gasteiger partial charge >= 0.3 is 0 Å². The molecule has 1 aliphatic rings. The second-order valence-electron chi connectivity index (χ2n) is 7.30. The number of halogens is 1. The van der Waals surface area contributed by atoms with Crippen molar-refractivity contribution in [2.24, 2.45) is 0 Å². The third kappa shape index (κ3) is 4.29. The monoisotopic (exact) mass is 444 g/mol. The lowest BCUT2D eigenvalue weighted by molar-refractivity contribution is 0.0924. The summed E-state index contributed by atoms with van der Waals surface area (Å²) in [5, 5.41) is 7.92. The maximum atomic E-state index is 12.3. The summed E-state index contributed by atoms with van der Waals surface area (Å²) in [6.07, 6.45) is 4.10. The van der Waals surface area contributed by atoms with Gasteiger partial charge in [0.1, 0.15) is 17.6 Å². The number of rotatable bonds is 6. The molecule has 3 aromatic rings. The average molecular weight is 445 g/mol. The fourth-order valence-electron chi connectivity index (χ4n) is 3.21.